The first kappa shape index (κ1) is 22.5. The minimum atomic E-state index is -3.70. The molecule has 2 aromatic carbocycles. The van der Waals surface area contributed by atoms with Gasteiger partial charge in [0, 0.05) is 6.07 Å². The highest BCUT2D eigenvalue weighted by Gasteiger charge is 2.30. The van der Waals surface area contributed by atoms with Crippen molar-refractivity contribution in [2.24, 2.45) is 0 Å². The van der Waals surface area contributed by atoms with Crippen LogP contribution in [0.3, 0.4) is 0 Å². The van der Waals surface area contributed by atoms with Gasteiger partial charge in [-0.1, -0.05) is 23.8 Å². The quantitative estimate of drug-likeness (QED) is 0.674. The summed E-state index contributed by atoms with van der Waals surface area (Å²) in [6.07, 6.45) is 1.07. The monoisotopic (exact) mass is 420 g/mol. The van der Waals surface area contributed by atoms with E-state index < -0.39 is 22.0 Å². The number of hydrogen-bond acceptors (Lipinski definition) is 5. The average Bonchev–Trinajstić information content (AvgIpc) is 2.66. The van der Waals surface area contributed by atoms with E-state index in [1.807, 2.05) is 31.2 Å². The summed E-state index contributed by atoms with van der Waals surface area (Å²) in [5.74, 6) is 0.792. The SMILES string of the molecule is COc1cccc(N([C@H](C)C(=O)N[C@@H](C)COc2ccc(C)cc2)S(C)(=O)=O)c1. The molecule has 8 heteroatoms. The second-order valence-corrected chi connectivity index (χ2v) is 8.83. The van der Waals surface area contributed by atoms with Gasteiger partial charge in [-0.2, -0.15) is 0 Å². The third-order valence-electron chi connectivity index (χ3n) is 4.31. The molecule has 158 valence electrons. The maximum atomic E-state index is 12.7. The first-order chi connectivity index (χ1) is 13.6. The number of nitrogens with zero attached hydrogens (tertiary/aromatic N) is 1. The van der Waals surface area contributed by atoms with E-state index in [0.717, 1.165) is 16.1 Å². The second-order valence-electron chi connectivity index (χ2n) is 6.97. The summed E-state index contributed by atoms with van der Waals surface area (Å²) in [7, 11) is -2.20. The summed E-state index contributed by atoms with van der Waals surface area (Å²) < 4.78 is 36.7. The predicted octanol–water partition coefficient (Wildman–Crippen LogP) is 2.74. The molecule has 0 bridgehead atoms. The van der Waals surface area contributed by atoms with Crippen LogP contribution in [0.1, 0.15) is 19.4 Å². The summed E-state index contributed by atoms with van der Waals surface area (Å²) in [5, 5.41) is 2.81. The van der Waals surface area contributed by atoms with E-state index in [2.05, 4.69) is 5.32 Å². The van der Waals surface area contributed by atoms with Crippen molar-refractivity contribution in [3.05, 3.63) is 54.1 Å². The Kier molecular flexibility index (Phi) is 7.50. The molecule has 1 N–H and O–H groups in total. The Morgan fingerprint density at radius 2 is 1.76 bits per heavy atom. The minimum absolute atomic E-state index is 0.263. The maximum absolute atomic E-state index is 12.7. The maximum Gasteiger partial charge on any atom is 0.243 e. The van der Waals surface area contributed by atoms with Crippen LogP contribution < -0.4 is 19.1 Å². The number of anilines is 1. The summed E-state index contributed by atoms with van der Waals surface area (Å²) in [4.78, 5) is 12.7. The molecule has 1 amide bonds. The number of benzene rings is 2. The van der Waals surface area contributed by atoms with Crippen molar-refractivity contribution in [2.45, 2.75) is 32.9 Å². The number of aryl methyl sites for hydroxylation is 1. The van der Waals surface area contributed by atoms with Crippen LogP contribution >= 0.6 is 0 Å². The van der Waals surface area contributed by atoms with Gasteiger partial charge in [-0.15, -0.1) is 0 Å². The van der Waals surface area contributed by atoms with Crippen molar-refractivity contribution in [3.63, 3.8) is 0 Å². The van der Waals surface area contributed by atoms with Crippen LogP contribution in [0.5, 0.6) is 11.5 Å². The zero-order valence-electron chi connectivity index (χ0n) is 17.4. The lowest BCUT2D eigenvalue weighted by Gasteiger charge is -2.29. The van der Waals surface area contributed by atoms with Crippen LogP contribution in [0.4, 0.5) is 5.69 Å². The first-order valence-corrected chi connectivity index (χ1v) is 11.1. The lowest BCUT2D eigenvalue weighted by Crippen LogP contribution is -2.50. The lowest BCUT2D eigenvalue weighted by atomic mass is 10.2. The largest absolute Gasteiger partial charge is 0.497 e. The number of nitrogens with one attached hydrogen (secondary N) is 1. The van der Waals surface area contributed by atoms with Gasteiger partial charge < -0.3 is 14.8 Å². The van der Waals surface area contributed by atoms with E-state index in [0.29, 0.717) is 17.2 Å². The average molecular weight is 421 g/mol. The third-order valence-corrected chi connectivity index (χ3v) is 5.55. The third kappa shape index (κ3) is 6.39. The second kappa shape index (κ2) is 9.65. The van der Waals surface area contributed by atoms with Crippen LogP contribution in [0, 0.1) is 6.92 Å². The number of ether oxygens (including phenoxy) is 2. The van der Waals surface area contributed by atoms with Crippen molar-refractivity contribution in [2.75, 3.05) is 24.3 Å². The van der Waals surface area contributed by atoms with E-state index in [-0.39, 0.29) is 12.6 Å². The van der Waals surface area contributed by atoms with Gasteiger partial charge in [-0.25, -0.2) is 8.42 Å². The van der Waals surface area contributed by atoms with E-state index in [9.17, 15) is 13.2 Å². The Bertz CT molecular complexity index is 928. The van der Waals surface area contributed by atoms with Crippen LogP contribution in [-0.2, 0) is 14.8 Å². The topological polar surface area (TPSA) is 84.9 Å². The Morgan fingerprint density at radius 3 is 2.34 bits per heavy atom. The van der Waals surface area contributed by atoms with Gasteiger partial charge in [0.1, 0.15) is 24.1 Å². The van der Waals surface area contributed by atoms with E-state index in [1.165, 1.54) is 7.11 Å². The molecule has 0 saturated heterocycles. The molecular weight excluding hydrogens is 392 g/mol. The molecule has 0 aromatic heterocycles. The normalized spacial score (nSPS) is 13.3. The highest BCUT2D eigenvalue weighted by molar-refractivity contribution is 7.92. The molecule has 0 fully saturated rings. The molecule has 2 atom stereocenters. The van der Waals surface area contributed by atoms with Gasteiger partial charge in [0.25, 0.3) is 0 Å². The van der Waals surface area contributed by atoms with Crippen LogP contribution in [0.25, 0.3) is 0 Å². The molecule has 2 rings (SSSR count). The standard InChI is InChI=1S/C21H28N2O5S/c1-15-9-11-19(12-10-15)28-14-16(2)22-21(24)17(3)23(29(5,25)26)18-7-6-8-20(13-18)27-4/h6-13,16-17H,14H2,1-5H3,(H,22,24)/t16-,17+/m0/s1. The molecule has 0 aliphatic carbocycles. The van der Waals surface area contributed by atoms with Crippen LogP contribution in [-0.4, -0.2) is 46.4 Å². The van der Waals surface area contributed by atoms with Crippen molar-refractivity contribution >= 4 is 21.6 Å². The zero-order valence-corrected chi connectivity index (χ0v) is 18.2. The van der Waals surface area contributed by atoms with Crippen molar-refractivity contribution in [1.82, 2.24) is 5.32 Å². The van der Waals surface area contributed by atoms with Gasteiger partial charge >= 0.3 is 0 Å². The number of methoxy groups -OCH3 is 1. The molecule has 29 heavy (non-hydrogen) atoms. The van der Waals surface area contributed by atoms with E-state index >= 15 is 0 Å². The number of carbonyl (C=O) groups is 1. The van der Waals surface area contributed by atoms with E-state index in [4.69, 9.17) is 9.47 Å². The van der Waals surface area contributed by atoms with Crippen molar-refractivity contribution < 1.29 is 22.7 Å². The fourth-order valence-corrected chi connectivity index (χ4v) is 3.98. The van der Waals surface area contributed by atoms with Gasteiger partial charge in [-0.05, 0) is 45.0 Å². The van der Waals surface area contributed by atoms with Gasteiger partial charge in [0.15, 0.2) is 0 Å². The molecule has 0 aliphatic heterocycles. The fraction of sp³-hybridized carbons (Fsp3) is 0.381. The summed E-state index contributed by atoms with van der Waals surface area (Å²) >= 11 is 0. The highest BCUT2D eigenvalue weighted by atomic mass is 32.2. The van der Waals surface area contributed by atoms with Gasteiger partial charge in [-0.3, -0.25) is 9.10 Å². The number of sulfonamides is 1. The Labute approximate surface area is 172 Å². The molecule has 2 aromatic rings. The lowest BCUT2D eigenvalue weighted by molar-refractivity contribution is -0.122. The molecule has 0 unspecified atom stereocenters. The smallest absolute Gasteiger partial charge is 0.243 e. The van der Waals surface area contributed by atoms with Gasteiger partial charge in [0.05, 0.1) is 25.1 Å². The fourth-order valence-electron chi connectivity index (χ4n) is 2.82. The number of hydrogen-bond donors (Lipinski definition) is 1. The summed E-state index contributed by atoms with van der Waals surface area (Å²) in [6.45, 7) is 5.60. The first-order valence-electron chi connectivity index (χ1n) is 9.25. The zero-order chi connectivity index (χ0) is 21.6. The molecular formula is C21H28N2O5S. The molecule has 0 radical (unpaired) electrons. The summed E-state index contributed by atoms with van der Waals surface area (Å²) in [6, 6.07) is 12.9. The minimum Gasteiger partial charge on any atom is -0.497 e. The molecule has 0 spiro atoms. The van der Waals surface area contributed by atoms with Crippen LogP contribution in [0.15, 0.2) is 48.5 Å². The highest BCUT2D eigenvalue weighted by Crippen LogP contribution is 2.25. The number of carbonyl (C=O) groups excluding carboxylic acids is 1. The molecule has 0 saturated carbocycles. The molecule has 7 nitrogen and oxygen atoms in total. The van der Waals surface area contributed by atoms with Gasteiger partial charge in [0.2, 0.25) is 15.9 Å². The van der Waals surface area contributed by atoms with Crippen LogP contribution in [0.2, 0.25) is 0 Å². The Balaban J connectivity index is 2.07. The number of amides is 1. The van der Waals surface area contributed by atoms with Crippen molar-refractivity contribution in [1.29, 1.82) is 0 Å². The van der Waals surface area contributed by atoms with E-state index in [1.54, 1.807) is 38.1 Å². The molecule has 0 aliphatic rings. The Morgan fingerprint density at radius 1 is 1.10 bits per heavy atom. The summed E-state index contributed by atoms with van der Waals surface area (Å²) in [5.41, 5.74) is 1.49. The van der Waals surface area contributed by atoms with Crippen molar-refractivity contribution in [3.8, 4) is 11.5 Å². The molecule has 0 heterocycles. The predicted molar refractivity (Wildman–Crippen MR) is 114 cm³/mol. The number of rotatable bonds is 9. The Hall–Kier alpha value is -2.74.